The zero-order valence-electron chi connectivity index (χ0n) is 12.0. The lowest BCUT2D eigenvalue weighted by atomic mass is 9.75. The van der Waals surface area contributed by atoms with Crippen molar-refractivity contribution in [3.63, 3.8) is 0 Å². The van der Waals surface area contributed by atoms with Crippen LogP contribution in [-0.4, -0.2) is 43.5 Å². The first kappa shape index (κ1) is 15.0. The quantitative estimate of drug-likeness (QED) is 0.822. The van der Waals surface area contributed by atoms with Crippen LogP contribution in [0.1, 0.15) is 33.8 Å². The summed E-state index contributed by atoms with van der Waals surface area (Å²) in [7, 11) is 4.16. The van der Waals surface area contributed by atoms with Gasteiger partial charge in [-0.1, -0.05) is 11.8 Å². The molecule has 0 saturated heterocycles. The Morgan fingerprint density at radius 3 is 2.80 bits per heavy atom. The smallest absolute Gasteiger partial charge is 0.261 e. The van der Waals surface area contributed by atoms with Crippen LogP contribution in [0.3, 0.4) is 0 Å². The first-order valence-corrected chi connectivity index (χ1v) is 7.63. The molecule has 0 unspecified atom stereocenters. The van der Waals surface area contributed by atoms with Crippen LogP contribution in [0.4, 0.5) is 0 Å². The maximum absolute atomic E-state index is 12.1. The number of nitrogens with one attached hydrogen (secondary N) is 1. The van der Waals surface area contributed by atoms with Crippen molar-refractivity contribution in [2.45, 2.75) is 24.8 Å². The monoisotopic (exact) mass is 291 g/mol. The molecule has 1 aromatic heterocycles. The second-order valence-corrected chi connectivity index (χ2v) is 6.41. The van der Waals surface area contributed by atoms with E-state index >= 15 is 0 Å². The summed E-state index contributed by atoms with van der Waals surface area (Å²) in [6.07, 6.45) is 3.54. The van der Waals surface area contributed by atoms with Gasteiger partial charge in [0, 0.05) is 12.1 Å². The van der Waals surface area contributed by atoms with E-state index in [0.29, 0.717) is 18.0 Å². The van der Waals surface area contributed by atoms with Gasteiger partial charge in [0.2, 0.25) is 0 Å². The third-order valence-corrected chi connectivity index (χ3v) is 4.95. The largest absolute Gasteiger partial charge is 0.349 e. The molecule has 1 aliphatic carbocycles. The van der Waals surface area contributed by atoms with Gasteiger partial charge in [0.05, 0.1) is 16.3 Å². The third-order valence-electron chi connectivity index (χ3n) is 3.95. The molecule has 5 heteroatoms. The Bertz CT molecular complexity index is 535. The van der Waals surface area contributed by atoms with Gasteiger partial charge in [0.15, 0.2) is 0 Å². The van der Waals surface area contributed by atoms with Crippen LogP contribution in [0, 0.1) is 11.8 Å². The predicted molar refractivity (Wildman–Crippen MR) is 82.9 cm³/mol. The molecule has 0 atom stereocenters. The van der Waals surface area contributed by atoms with Gasteiger partial charge in [0.1, 0.15) is 0 Å². The second kappa shape index (κ2) is 6.40. The standard InChI is InChI=1S/C15H21N3OS/c1-18(2)15(8-4-9-15)11-17-14(19)13-7-6-12(20-13)5-3-10-16/h6-7H,4,8-11,16H2,1-2H3,(H,17,19). The number of nitrogens with two attached hydrogens (primary N) is 1. The molecule has 1 heterocycles. The van der Waals surface area contributed by atoms with Crippen LogP contribution in [0.5, 0.6) is 0 Å². The SMILES string of the molecule is CN(C)C1(CNC(=O)c2ccc(C#CCN)s2)CCC1. The molecular weight excluding hydrogens is 270 g/mol. The van der Waals surface area contributed by atoms with E-state index in [1.807, 2.05) is 12.1 Å². The van der Waals surface area contributed by atoms with Crippen LogP contribution >= 0.6 is 11.3 Å². The summed E-state index contributed by atoms with van der Waals surface area (Å²) >= 11 is 1.41. The Kier molecular flexibility index (Phi) is 4.81. The van der Waals surface area contributed by atoms with Crippen LogP contribution in [0.15, 0.2) is 12.1 Å². The van der Waals surface area contributed by atoms with E-state index in [0.717, 1.165) is 17.7 Å². The molecule has 4 nitrogen and oxygen atoms in total. The number of likely N-dealkylation sites (N-methyl/N-ethyl adjacent to an activating group) is 1. The molecule has 0 aromatic carbocycles. The summed E-state index contributed by atoms with van der Waals surface area (Å²) in [6, 6.07) is 3.69. The Morgan fingerprint density at radius 2 is 2.25 bits per heavy atom. The van der Waals surface area contributed by atoms with Crippen molar-refractivity contribution in [2.75, 3.05) is 27.2 Å². The van der Waals surface area contributed by atoms with Gasteiger partial charge >= 0.3 is 0 Å². The van der Waals surface area contributed by atoms with Gasteiger partial charge in [-0.15, -0.1) is 11.3 Å². The molecule has 0 bridgehead atoms. The highest BCUT2D eigenvalue weighted by molar-refractivity contribution is 7.14. The first-order valence-electron chi connectivity index (χ1n) is 6.82. The maximum Gasteiger partial charge on any atom is 0.261 e. The van der Waals surface area contributed by atoms with Crippen molar-refractivity contribution in [1.82, 2.24) is 10.2 Å². The number of carbonyl (C=O) groups is 1. The van der Waals surface area contributed by atoms with Crippen molar-refractivity contribution < 1.29 is 4.79 Å². The van der Waals surface area contributed by atoms with Crippen LogP contribution < -0.4 is 11.1 Å². The zero-order chi connectivity index (χ0) is 14.6. The first-order chi connectivity index (χ1) is 9.57. The Hall–Kier alpha value is -1.35. The number of hydrogen-bond acceptors (Lipinski definition) is 4. The fourth-order valence-electron chi connectivity index (χ4n) is 2.36. The molecular formula is C15H21N3OS. The molecule has 0 aliphatic heterocycles. The highest BCUT2D eigenvalue weighted by Crippen LogP contribution is 2.35. The molecule has 0 spiro atoms. The van der Waals surface area contributed by atoms with Gasteiger partial charge in [-0.25, -0.2) is 0 Å². The van der Waals surface area contributed by atoms with Gasteiger partial charge in [-0.2, -0.15) is 0 Å². The molecule has 1 amide bonds. The van der Waals surface area contributed by atoms with Crippen molar-refractivity contribution in [3.8, 4) is 11.8 Å². The minimum Gasteiger partial charge on any atom is -0.349 e. The van der Waals surface area contributed by atoms with Gasteiger partial charge in [0.25, 0.3) is 5.91 Å². The van der Waals surface area contributed by atoms with Crippen LogP contribution in [-0.2, 0) is 0 Å². The van der Waals surface area contributed by atoms with E-state index in [2.05, 4.69) is 36.2 Å². The molecule has 108 valence electrons. The topological polar surface area (TPSA) is 58.4 Å². The molecule has 1 fully saturated rings. The zero-order valence-corrected chi connectivity index (χ0v) is 12.8. The van der Waals surface area contributed by atoms with Crippen molar-refractivity contribution in [2.24, 2.45) is 5.73 Å². The summed E-state index contributed by atoms with van der Waals surface area (Å²) in [6.45, 7) is 1.05. The fraction of sp³-hybridized carbons (Fsp3) is 0.533. The summed E-state index contributed by atoms with van der Waals surface area (Å²) in [5.74, 6) is 5.73. The molecule has 2 rings (SSSR count). The molecule has 1 aromatic rings. The lowest BCUT2D eigenvalue weighted by Crippen LogP contribution is -2.57. The molecule has 0 radical (unpaired) electrons. The van der Waals surface area contributed by atoms with E-state index in [1.165, 1.54) is 17.8 Å². The van der Waals surface area contributed by atoms with Crippen molar-refractivity contribution in [1.29, 1.82) is 0 Å². The minimum atomic E-state index is -0.0103. The van der Waals surface area contributed by atoms with E-state index < -0.39 is 0 Å². The second-order valence-electron chi connectivity index (χ2n) is 5.32. The Morgan fingerprint density at radius 1 is 1.50 bits per heavy atom. The van der Waals surface area contributed by atoms with Crippen molar-refractivity contribution in [3.05, 3.63) is 21.9 Å². The fourth-order valence-corrected chi connectivity index (χ4v) is 3.16. The maximum atomic E-state index is 12.1. The van der Waals surface area contributed by atoms with Crippen LogP contribution in [0.2, 0.25) is 0 Å². The minimum absolute atomic E-state index is 0.0103. The number of thiophene rings is 1. The highest BCUT2D eigenvalue weighted by atomic mass is 32.1. The number of nitrogens with zero attached hydrogens (tertiary/aromatic N) is 1. The molecule has 20 heavy (non-hydrogen) atoms. The summed E-state index contributed by atoms with van der Waals surface area (Å²) in [5.41, 5.74) is 5.48. The van der Waals surface area contributed by atoms with Gasteiger partial charge < -0.3 is 16.0 Å². The Balaban J connectivity index is 1.93. The van der Waals surface area contributed by atoms with E-state index in [1.54, 1.807) is 0 Å². The summed E-state index contributed by atoms with van der Waals surface area (Å²) in [4.78, 5) is 16.0. The van der Waals surface area contributed by atoms with Gasteiger partial charge in [-0.05, 0) is 45.5 Å². The molecule has 3 N–H and O–H groups in total. The van der Waals surface area contributed by atoms with E-state index in [-0.39, 0.29) is 11.4 Å². The number of carbonyl (C=O) groups excluding carboxylic acids is 1. The highest BCUT2D eigenvalue weighted by Gasteiger charge is 2.39. The third kappa shape index (κ3) is 3.21. The summed E-state index contributed by atoms with van der Waals surface area (Å²) in [5, 5.41) is 3.05. The lowest BCUT2D eigenvalue weighted by Gasteiger charge is -2.47. The molecule has 1 aliphatic rings. The average molecular weight is 291 g/mol. The number of rotatable bonds is 4. The van der Waals surface area contributed by atoms with Crippen molar-refractivity contribution >= 4 is 17.2 Å². The lowest BCUT2D eigenvalue weighted by molar-refractivity contribution is 0.0559. The average Bonchev–Trinajstić information content (AvgIpc) is 2.83. The Labute approximate surface area is 124 Å². The van der Waals surface area contributed by atoms with Crippen LogP contribution in [0.25, 0.3) is 0 Å². The number of hydrogen-bond donors (Lipinski definition) is 2. The van der Waals surface area contributed by atoms with E-state index in [4.69, 9.17) is 5.73 Å². The number of amides is 1. The predicted octanol–water partition coefficient (Wildman–Crippen LogP) is 1.27. The normalized spacial score (nSPS) is 16.2. The summed E-state index contributed by atoms with van der Waals surface area (Å²) < 4.78 is 0. The van der Waals surface area contributed by atoms with E-state index in [9.17, 15) is 4.79 Å². The molecule has 1 saturated carbocycles. The van der Waals surface area contributed by atoms with Gasteiger partial charge in [-0.3, -0.25) is 4.79 Å².